The quantitative estimate of drug-likeness (QED) is 0.0211. The largest absolute Gasteiger partial charge is 0.472 e. The SMILES string of the molecule is CC/C=C\C/C=C\C/C=C\C/C=C\C/C=C\C/C=C\C/C=C\C/C=C\CCCCCCCCCCC(=O)OC(COC(=O)CCCCCCCCCCCCCCCCCCC/C=C\C/C=C\CCCCCCC)COP(=O)(O)OCC[N+](C)(C)C. The summed E-state index contributed by atoms with van der Waals surface area (Å²) < 4.78 is 34.7. The molecule has 0 radical (unpaired) electrons. The van der Waals surface area contributed by atoms with Crippen LogP contribution in [0.1, 0.15) is 296 Å². The lowest BCUT2D eigenvalue weighted by molar-refractivity contribution is -0.870. The number of quaternary nitrogens is 1. The summed E-state index contributed by atoms with van der Waals surface area (Å²) in [5.41, 5.74) is 0. The summed E-state index contributed by atoms with van der Waals surface area (Å²) in [7, 11) is 1.46. The third-order valence-electron chi connectivity index (χ3n) is 15.0. The molecule has 0 fully saturated rings. The van der Waals surface area contributed by atoms with E-state index in [4.69, 9.17) is 18.5 Å². The first kappa shape index (κ1) is 82.4. The molecule has 10 heteroatoms. The second-order valence-corrected chi connectivity index (χ2v) is 26.0. The molecular weight excluding hydrogens is 1090 g/mol. The molecule has 0 heterocycles. The molecule has 0 spiro atoms. The van der Waals surface area contributed by atoms with Gasteiger partial charge in [0.05, 0.1) is 27.7 Å². The number of carbonyl (C=O) groups is 2. The summed E-state index contributed by atoms with van der Waals surface area (Å²) >= 11 is 0. The number of hydrogen-bond acceptors (Lipinski definition) is 7. The van der Waals surface area contributed by atoms with Crippen LogP contribution < -0.4 is 0 Å². The lowest BCUT2D eigenvalue weighted by Crippen LogP contribution is -2.37. The van der Waals surface area contributed by atoms with Gasteiger partial charge in [0.2, 0.25) is 0 Å². The smallest absolute Gasteiger partial charge is 0.462 e. The zero-order valence-corrected chi connectivity index (χ0v) is 57.2. The summed E-state index contributed by atoms with van der Waals surface area (Å²) in [6, 6.07) is 0. The van der Waals surface area contributed by atoms with E-state index in [1.54, 1.807) is 0 Å². The standard InChI is InChI=1S/C76H132NO8P/c1-6-8-10-12-14-16-18-20-22-24-26-28-30-32-34-36-37-38-39-41-43-45-47-49-51-53-55-57-59-61-63-65-67-69-76(79)85-74(73-84-86(80,81)83-71-70-77(3,4)5)72-82-75(78)68-66-64-62-60-58-56-54-52-50-48-46-44-42-40-35-33-31-29-27-25-23-21-19-17-15-13-11-9-7-2/h8,10,14,16,19-22,25-28,32,34,37-38,41,43,47,49,74H,6-7,9,11-13,15,17-18,23-24,29-31,33,35-36,39-40,42,44-46,48,50-73H2,1-5H3/p+1/b10-8-,16-14-,21-19-,22-20-,27-25-,28-26-,34-32-,38-37-,43-41-,49-47-. The Kier molecular flexibility index (Phi) is 63.1. The molecule has 2 unspecified atom stereocenters. The summed E-state index contributed by atoms with van der Waals surface area (Å²) in [5.74, 6) is -0.804. The predicted octanol–water partition coefficient (Wildman–Crippen LogP) is 23.0. The highest BCUT2D eigenvalue weighted by molar-refractivity contribution is 7.47. The summed E-state index contributed by atoms with van der Waals surface area (Å²) in [5, 5.41) is 0. The number of unbranched alkanes of at least 4 members (excludes halogenated alkanes) is 30. The summed E-state index contributed by atoms with van der Waals surface area (Å²) in [6.45, 7) is 4.32. The first-order valence-electron chi connectivity index (χ1n) is 35.3. The Labute approximate surface area is 530 Å². The highest BCUT2D eigenvalue weighted by atomic mass is 31.2. The molecule has 0 aliphatic heterocycles. The van der Waals surface area contributed by atoms with Crippen LogP contribution in [-0.2, 0) is 32.7 Å². The van der Waals surface area contributed by atoms with Gasteiger partial charge in [-0.2, -0.15) is 0 Å². The lowest BCUT2D eigenvalue weighted by Gasteiger charge is -2.24. The average molecular weight is 1220 g/mol. The van der Waals surface area contributed by atoms with Crippen molar-refractivity contribution >= 4 is 19.8 Å². The second-order valence-electron chi connectivity index (χ2n) is 24.5. The highest BCUT2D eigenvalue weighted by Gasteiger charge is 2.27. The van der Waals surface area contributed by atoms with Crippen molar-refractivity contribution in [1.29, 1.82) is 0 Å². The van der Waals surface area contributed by atoms with Gasteiger partial charge in [0.1, 0.15) is 19.8 Å². The molecule has 1 N–H and O–H groups in total. The Morgan fingerprint density at radius 2 is 0.663 bits per heavy atom. The van der Waals surface area contributed by atoms with Gasteiger partial charge in [-0.25, -0.2) is 4.57 Å². The van der Waals surface area contributed by atoms with E-state index in [0.29, 0.717) is 17.4 Å². The zero-order valence-electron chi connectivity index (χ0n) is 56.3. The number of hydrogen-bond donors (Lipinski definition) is 1. The van der Waals surface area contributed by atoms with Gasteiger partial charge in [-0.3, -0.25) is 18.6 Å². The topological polar surface area (TPSA) is 108 Å². The van der Waals surface area contributed by atoms with Crippen molar-refractivity contribution in [3.05, 3.63) is 122 Å². The summed E-state index contributed by atoms with van der Waals surface area (Å²) in [4.78, 5) is 35.9. The van der Waals surface area contributed by atoms with Gasteiger partial charge in [-0.1, -0.05) is 296 Å². The van der Waals surface area contributed by atoms with Crippen LogP contribution in [0.25, 0.3) is 0 Å². The number of likely N-dealkylation sites (N-methyl/N-ethyl adjacent to an activating group) is 1. The van der Waals surface area contributed by atoms with E-state index in [9.17, 15) is 19.0 Å². The molecule has 0 aromatic rings. The second kappa shape index (κ2) is 65.8. The molecular formula is C76H133NO8P+. The number of carbonyl (C=O) groups excluding carboxylic acids is 2. The molecule has 0 aliphatic carbocycles. The normalized spacial score (nSPS) is 13.9. The number of allylic oxidation sites excluding steroid dienone is 20. The first-order valence-corrected chi connectivity index (χ1v) is 36.8. The van der Waals surface area contributed by atoms with Crippen LogP contribution in [0.4, 0.5) is 0 Å². The van der Waals surface area contributed by atoms with Crippen LogP contribution in [0, 0.1) is 0 Å². The minimum Gasteiger partial charge on any atom is -0.462 e. The minimum absolute atomic E-state index is 0.0252. The number of phosphoric acid groups is 1. The minimum atomic E-state index is -4.40. The van der Waals surface area contributed by atoms with Crippen LogP contribution in [0.2, 0.25) is 0 Å². The third kappa shape index (κ3) is 69.5. The molecule has 0 aromatic carbocycles. The van der Waals surface area contributed by atoms with Crippen molar-refractivity contribution in [1.82, 2.24) is 0 Å². The van der Waals surface area contributed by atoms with E-state index >= 15 is 0 Å². The van der Waals surface area contributed by atoms with Gasteiger partial charge in [0, 0.05) is 12.8 Å². The van der Waals surface area contributed by atoms with E-state index in [0.717, 1.165) is 103 Å². The Hall–Kier alpha value is -3.59. The van der Waals surface area contributed by atoms with Gasteiger partial charge in [-0.15, -0.1) is 0 Å². The molecule has 9 nitrogen and oxygen atoms in total. The fraction of sp³-hybridized carbons (Fsp3) is 0.711. The van der Waals surface area contributed by atoms with Gasteiger partial charge in [0.25, 0.3) is 0 Å². The van der Waals surface area contributed by atoms with Gasteiger partial charge in [0.15, 0.2) is 6.10 Å². The molecule has 86 heavy (non-hydrogen) atoms. The van der Waals surface area contributed by atoms with E-state index in [-0.39, 0.29) is 32.0 Å². The fourth-order valence-corrected chi connectivity index (χ4v) is 10.3. The highest BCUT2D eigenvalue weighted by Crippen LogP contribution is 2.43. The number of esters is 2. The molecule has 0 saturated carbocycles. The Balaban J connectivity index is 4.10. The Morgan fingerprint density at radius 1 is 0.372 bits per heavy atom. The zero-order chi connectivity index (χ0) is 62.6. The molecule has 0 aliphatic rings. The molecule has 0 aromatic heterocycles. The van der Waals surface area contributed by atoms with Crippen molar-refractivity contribution < 1.29 is 42.1 Å². The molecule has 0 saturated heterocycles. The molecule has 2 atom stereocenters. The van der Waals surface area contributed by atoms with Gasteiger partial charge >= 0.3 is 19.8 Å². The predicted molar refractivity (Wildman–Crippen MR) is 371 cm³/mol. The van der Waals surface area contributed by atoms with Crippen molar-refractivity contribution in [2.45, 2.75) is 302 Å². The Morgan fingerprint density at radius 3 is 0.988 bits per heavy atom. The molecule has 0 rings (SSSR count). The van der Waals surface area contributed by atoms with Crippen LogP contribution >= 0.6 is 7.82 Å². The van der Waals surface area contributed by atoms with Crippen molar-refractivity contribution in [3.8, 4) is 0 Å². The lowest BCUT2D eigenvalue weighted by atomic mass is 10.0. The van der Waals surface area contributed by atoms with Crippen LogP contribution in [-0.4, -0.2) is 74.9 Å². The monoisotopic (exact) mass is 1220 g/mol. The fourth-order valence-electron chi connectivity index (χ4n) is 9.59. The average Bonchev–Trinajstić information content (AvgIpc) is 3.70. The van der Waals surface area contributed by atoms with Crippen LogP contribution in [0.15, 0.2) is 122 Å². The number of ether oxygens (including phenoxy) is 2. The van der Waals surface area contributed by atoms with Crippen molar-refractivity contribution in [3.63, 3.8) is 0 Å². The van der Waals surface area contributed by atoms with Crippen molar-refractivity contribution in [2.24, 2.45) is 0 Å². The van der Waals surface area contributed by atoms with Crippen LogP contribution in [0.3, 0.4) is 0 Å². The number of nitrogens with zero attached hydrogens (tertiary/aromatic N) is 1. The van der Waals surface area contributed by atoms with Gasteiger partial charge < -0.3 is 18.9 Å². The van der Waals surface area contributed by atoms with Gasteiger partial charge in [-0.05, 0) is 109 Å². The third-order valence-corrected chi connectivity index (χ3v) is 16.0. The van der Waals surface area contributed by atoms with Crippen LogP contribution in [0.5, 0.6) is 0 Å². The molecule has 0 bridgehead atoms. The van der Waals surface area contributed by atoms with E-state index in [2.05, 4.69) is 135 Å². The summed E-state index contributed by atoms with van der Waals surface area (Å²) in [6.07, 6.45) is 94.4. The maximum atomic E-state index is 12.9. The maximum Gasteiger partial charge on any atom is 0.472 e. The van der Waals surface area contributed by atoms with E-state index in [1.165, 1.54) is 161 Å². The maximum absolute atomic E-state index is 12.9. The van der Waals surface area contributed by atoms with Crippen molar-refractivity contribution in [2.75, 3.05) is 47.5 Å². The van der Waals surface area contributed by atoms with E-state index < -0.39 is 26.5 Å². The molecule has 494 valence electrons. The van der Waals surface area contributed by atoms with E-state index in [1.807, 2.05) is 21.1 Å². The first-order chi connectivity index (χ1) is 42.0. The number of rotatable bonds is 64. The Bertz CT molecular complexity index is 1870. The molecule has 0 amide bonds. The number of phosphoric ester groups is 1.